The van der Waals surface area contributed by atoms with Crippen LogP contribution < -0.4 is 0 Å². The third-order valence-corrected chi connectivity index (χ3v) is 2.78. The van der Waals surface area contributed by atoms with Gasteiger partial charge in [0.1, 0.15) is 5.78 Å². The zero-order valence-electron chi connectivity index (χ0n) is 9.80. The summed E-state index contributed by atoms with van der Waals surface area (Å²) in [4.78, 5) is 11.8. The summed E-state index contributed by atoms with van der Waals surface area (Å²) in [7, 11) is 0. The Morgan fingerprint density at radius 3 is 2.50 bits per heavy atom. The molecule has 1 fully saturated rings. The number of Topliss-reactive ketones (excluding diaryl/α,β-unsaturated/α-hetero) is 1. The summed E-state index contributed by atoms with van der Waals surface area (Å²) in [5.74, 6) is 0.566. The van der Waals surface area contributed by atoms with Gasteiger partial charge in [-0.1, -0.05) is 20.8 Å². The molecule has 0 aromatic rings. The number of carbonyl (C=O) groups is 1. The maximum atomic E-state index is 11.8. The van der Waals surface area contributed by atoms with E-state index in [4.69, 9.17) is 4.74 Å². The predicted molar refractivity (Wildman–Crippen MR) is 57.2 cm³/mol. The fourth-order valence-corrected chi connectivity index (χ4v) is 1.74. The van der Waals surface area contributed by atoms with Crippen molar-refractivity contribution >= 4 is 5.78 Å². The number of hydrogen-bond acceptors (Lipinski definition) is 2. The summed E-state index contributed by atoms with van der Waals surface area (Å²) in [6, 6.07) is 0. The van der Waals surface area contributed by atoms with E-state index in [0.717, 1.165) is 12.8 Å². The van der Waals surface area contributed by atoms with Gasteiger partial charge in [-0.15, -0.1) is 0 Å². The Morgan fingerprint density at radius 1 is 1.43 bits per heavy atom. The number of rotatable bonds is 3. The molecular formula is C12H22O2. The van der Waals surface area contributed by atoms with Crippen LogP contribution in [0.2, 0.25) is 0 Å². The largest absolute Gasteiger partial charge is 0.378 e. The molecule has 1 aliphatic rings. The molecule has 1 aliphatic heterocycles. The molecule has 14 heavy (non-hydrogen) atoms. The fraction of sp³-hybridized carbons (Fsp3) is 0.917. The quantitative estimate of drug-likeness (QED) is 0.697. The van der Waals surface area contributed by atoms with Crippen LogP contribution in [0.1, 0.15) is 47.0 Å². The minimum absolute atomic E-state index is 0.173. The summed E-state index contributed by atoms with van der Waals surface area (Å²) in [6.45, 7) is 9.21. The van der Waals surface area contributed by atoms with Gasteiger partial charge in [0, 0.05) is 12.3 Å². The summed E-state index contributed by atoms with van der Waals surface area (Å²) >= 11 is 0. The van der Waals surface area contributed by atoms with Crippen molar-refractivity contribution < 1.29 is 9.53 Å². The average Bonchev–Trinajstić information content (AvgIpc) is 2.46. The maximum Gasteiger partial charge on any atom is 0.138 e. The molecule has 0 bridgehead atoms. The number of hydrogen-bond donors (Lipinski definition) is 0. The Morgan fingerprint density at radius 2 is 2.07 bits per heavy atom. The zero-order valence-corrected chi connectivity index (χ0v) is 9.80. The highest BCUT2D eigenvalue weighted by Crippen LogP contribution is 2.25. The second-order valence-corrected chi connectivity index (χ2v) is 5.60. The molecule has 2 atom stereocenters. The molecule has 2 heteroatoms. The normalized spacial score (nSPS) is 28.0. The van der Waals surface area contributed by atoms with Gasteiger partial charge in [-0.25, -0.2) is 0 Å². The van der Waals surface area contributed by atoms with Crippen molar-refractivity contribution in [3.05, 3.63) is 0 Å². The highest BCUT2D eigenvalue weighted by atomic mass is 16.5. The van der Waals surface area contributed by atoms with E-state index in [0.29, 0.717) is 18.8 Å². The molecule has 1 saturated heterocycles. The van der Waals surface area contributed by atoms with Crippen molar-refractivity contribution in [1.29, 1.82) is 0 Å². The lowest BCUT2D eigenvalue weighted by molar-refractivity contribution is -0.123. The molecule has 1 heterocycles. The first-order chi connectivity index (χ1) is 6.38. The Bertz CT molecular complexity index is 203. The van der Waals surface area contributed by atoms with Crippen LogP contribution in [0.25, 0.3) is 0 Å². The van der Waals surface area contributed by atoms with Gasteiger partial charge >= 0.3 is 0 Å². The third-order valence-electron chi connectivity index (χ3n) is 2.78. The van der Waals surface area contributed by atoms with Crippen LogP contribution in [0.3, 0.4) is 0 Å². The van der Waals surface area contributed by atoms with Gasteiger partial charge < -0.3 is 4.74 Å². The lowest BCUT2D eigenvalue weighted by Gasteiger charge is -2.18. The van der Waals surface area contributed by atoms with Gasteiger partial charge in [0.15, 0.2) is 0 Å². The van der Waals surface area contributed by atoms with Crippen molar-refractivity contribution in [2.45, 2.75) is 53.1 Å². The summed E-state index contributed by atoms with van der Waals surface area (Å²) in [5.41, 5.74) is 0.265. The Hall–Kier alpha value is -0.370. The molecule has 2 nitrogen and oxygen atoms in total. The molecule has 0 spiro atoms. The molecule has 0 aromatic carbocycles. The van der Waals surface area contributed by atoms with Crippen LogP contribution in [0.4, 0.5) is 0 Å². The summed E-state index contributed by atoms with van der Waals surface area (Å²) in [6.07, 6.45) is 2.89. The van der Waals surface area contributed by atoms with E-state index >= 15 is 0 Å². The van der Waals surface area contributed by atoms with Crippen molar-refractivity contribution in [2.75, 3.05) is 6.61 Å². The molecule has 1 rings (SSSR count). The summed E-state index contributed by atoms with van der Waals surface area (Å²) in [5, 5.41) is 0. The van der Waals surface area contributed by atoms with Crippen LogP contribution in [0.5, 0.6) is 0 Å². The van der Waals surface area contributed by atoms with Gasteiger partial charge in [0.05, 0.1) is 12.7 Å². The summed E-state index contributed by atoms with van der Waals surface area (Å²) < 4.78 is 5.40. The van der Waals surface area contributed by atoms with Crippen molar-refractivity contribution in [1.82, 2.24) is 0 Å². The number of carbonyl (C=O) groups excluding carboxylic acids is 1. The van der Waals surface area contributed by atoms with Crippen LogP contribution in [0, 0.1) is 11.3 Å². The van der Waals surface area contributed by atoms with Crippen LogP contribution in [-0.2, 0) is 9.53 Å². The molecule has 82 valence electrons. The molecule has 0 N–H and O–H groups in total. The second kappa shape index (κ2) is 4.43. The number of ether oxygens (including phenoxy) is 1. The minimum Gasteiger partial charge on any atom is -0.378 e. The Kier molecular flexibility index (Phi) is 3.71. The standard InChI is InChI=1S/C12H22O2/c1-9-7-10(8-14-9)11(13)5-6-12(2,3)4/h9-10H,5-8H2,1-4H3. The Balaban J connectivity index is 2.29. The van der Waals surface area contributed by atoms with Gasteiger partial charge in [-0.05, 0) is 25.2 Å². The molecule has 0 aliphatic carbocycles. The molecule has 0 radical (unpaired) electrons. The van der Waals surface area contributed by atoms with E-state index < -0.39 is 0 Å². The smallest absolute Gasteiger partial charge is 0.138 e. The van der Waals surface area contributed by atoms with E-state index in [1.807, 2.05) is 6.92 Å². The van der Waals surface area contributed by atoms with Gasteiger partial charge in [-0.3, -0.25) is 4.79 Å². The first-order valence-corrected chi connectivity index (χ1v) is 5.53. The van der Waals surface area contributed by atoms with Gasteiger partial charge in [-0.2, -0.15) is 0 Å². The highest BCUT2D eigenvalue weighted by molar-refractivity contribution is 5.81. The average molecular weight is 198 g/mol. The first-order valence-electron chi connectivity index (χ1n) is 5.53. The first kappa shape index (κ1) is 11.7. The second-order valence-electron chi connectivity index (χ2n) is 5.60. The Labute approximate surface area is 87.0 Å². The molecular weight excluding hydrogens is 176 g/mol. The van der Waals surface area contributed by atoms with Crippen molar-refractivity contribution in [2.24, 2.45) is 11.3 Å². The van der Waals surface area contributed by atoms with Crippen LogP contribution in [0.15, 0.2) is 0 Å². The van der Waals surface area contributed by atoms with E-state index in [1.165, 1.54) is 0 Å². The van der Waals surface area contributed by atoms with E-state index in [-0.39, 0.29) is 17.4 Å². The van der Waals surface area contributed by atoms with Crippen LogP contribution >= 0.6 is 0 Å². The molecule has 0 aromatic heterocycles. The highest BCUT2D eigenvalue weighted by Gasteiger charge is 2.28. The maximum absolute atomic E-state index is 11.8. The SMILES string of the molecule is CC1CC(C(=O)CCC(C)(C)C)CO1. The van der Waals surface area contributed by atoms with Gasteiger partial charge in [0.2, 0.25) is 0 Å². The molecule has 0 amide bonds. The van der Waals surface area contributed by atoms with Crippen molar-refractivity contribution in [3.8, 4) is 0 Å². The number of ketones is 1. The van der Waals surface area contributed by atoms with E-state index in [9.17, 15) is 4.79 Å². The molecule has 2 unspecified atom stereocenters. The lowest BCUT2D eigenvalue weighted by Crippen LogP contribution is -2.17. The van der Waals surface area contributed by atoms with E-state index in [2.05, 4.69) is 20.8 Å². The van der Waals surface area contributed by atoms with Crippen molar-refractivity contribution in [3.63, 3.8) is 0 Å². The van der Waals surface area contributed by atoms with Crippen LogP contribution in [-0.4, -0.2) is 18.5 Å². The lowest BCUT2D eigenvalue weighted by atomic mass is 9.87. The monoisotopic (exact) mass is 198 g/mol. The topological polar surface area (TPSA) is 26.3 Å². The zero-order chi connectivity index (χ0) is 10.8. The predicted octanol–water partition coefficient (Wildman–Crippen LogP) is 2.81. The minimum atomic E-state index is 0.173. The molecule has 0 saturated carbocycles. The fourth-order valence-electron chi connectivity index (χ4n) is 1.74. The third kappa shape index (κ3) is 3.79. The van der Waals surface area contributed by atoms with Gasteiger partial charge in [0.25, 0.3) is 0 Å². The van der Waals surface area contributed by atoms with E-state index in [1.54, 1.807) is 0 Å².